The zero-order chi connectivity index (χ0) is 17.8. The third-order valence-corrected chi connectivity index (χ3v) is 4.15. The molecule has 1 unspecified atom stereocenters. The van der Waals surface area contributed by atoms with E-state index in [2.05, 4.69) is 10.3 Å². The maximum Gasteiger partial charge on any atom is 0.269 e. The number of nitrogens with zero attached hydrogens (tertiary/aromatic N) is 2. The Bertz CT molecular complexity index is 776. The van der Waals surface area contributed by atoms with Crippen LogP contribution in [0.15, 0.2) is 42.6 Å². The molecule has 1 aliphatic heterocycles. The number of aliphatic hydroxyl groups excluding tert-OH is 1. The molecule has 2 N–H and O–H groups in total. The van der Waals surface area contributed by atoms with E-state index in [1.165, 1.54) is 19.3 Å². The molecule has 1 aliphatic rings. The second-order valence-electron chi connectivity index (χ2n) is 5.59. The Kier molecular flexibility index (Phi) is 4.95. The number of rotatable bonds is 3. The predicted octanol–water partition coefficient (Wildman–Crippen LogP) is 1.01. The second kappa shape index (κ2) is 7.31. The minimum atomic E-state index is -0.496. The average molecular weight is 341 g/mol. The summed E-state index contributed by atoms with van der Waals surface area (Å²) in [7, 11) is 1.52. The number of carbonyl (C=O) groups is 2. The van der Waals surface area contributed by atoms with Crippen molar-refractivity contribution in [2.24, 2.45) is 0 Å². The van der Waals surface area contributed by atoms with E-state index < -0.39 is 6.04 Å². The first-order valence-electron chi connectivity index (χ1n) is 7.97. The number of hydrogen-bond donors (Lipinski definition) is 2. The van der Waals surface area contributed by atoms with Gasteiger partial charge in [-0.3, -0.25) is 14.6 Å². The number of aromatic nitrogens is 1. The predicted molar refractivity (Wildman–Crippen MR) is 90.4 cm³/mol. The highest BCUT2D eigenvalue weighted by Gasteiger charge is 2.30. The lowest BCUT2D eigenvalue weighted by molar-refractivity contribution is 0.0584. The zero-order valence-corrected chi connectivity index (χ0v) is 13.8. The Labute approximate surface area is 145 Å². The standard InChI is InChI=1S/C18H19N3O4/c1-19-17(23)14-7-6-12(10-20-14)18(24)21-8-9-25-16-5-3-2-4-13(16)15(21)11-22/h2-7,10,15,22H,8-9,11H2,1H3,(H,19,23). The van der Waals surface area contributed by atoms with Crippen molar-refractivity contribution in [1.82, 2.24) is 15.2 Å². The molecular weight excluding hydrogens is 322 g/mol. The van der Waals surface area contributed by atoms with Crippen LogP contribution < -0.4 is 10.1 Å². The Morgan fingerprint density at radius 3 is 2.80 bits per heavy atom. The molecule has 0 bridgehead atoms. The number of hydrogen-bond acceptors (Lipinski definition) is 5. The number of amides is 2. The van der Waals surface area contributed by atoms with E-state index in [0.29, 0.717) is 24.5 Å². The van der Waals surface area contributed by atoms with E-state index in [0.717, 1.165) is 5.56 Å². The highest BCUT2D eigenvalue weighted by Crippen LogP contribution is 2.32. The van der Waals surface area contributed by atoms with E-state index in [1.54, 1.807) is 11.0 Å². The van der Waals surface area contributed by atoms with Crippen molar-refractivity contribution < 1.29 is 19.4 Å². The summed E-state index contributed by atoms with van der Waals surface area (Å²) in [6, 6.07) is 9.93. The fraction of sp³-hybridized carbons (Fsp3) is 0.278. The van der Waals surface area contributed by atoms with Crippen molar-refractivity contribution >= 4 is 11.8 Å². The van der Waals surface area contributed by atoms with Crippen molar-refractivity contribution in [3.63, 3.8) is 0 Å². The first-order valence-corrected chi connectivity index (χ1v) is 7.97. The summed E-state index contributed by atoms with van der Waals surface area (Å²) in [4.78, 5) is 30.1. The summed E-state index contributed by atoms with van der Waals surface area (Å²) < 4.78 is 5.69. The van der Waals surface area contributed by atoms with E-state index in [-0.39, 0.29) is 24.1 Å². The van der Waals surface area contributed by atoms with Crippen LogP contribution in [0.4, 0.5) is 0 Å². The molecule has 2 aromatic rings. The lowest BCUT2D eigenvalue weighted by Gasteiger charge is -2.28. The Hall–Kier alpha value is -2.93. The summed E-state index contributed by atoms with van der Waals surface area (Å²) in [5, 5.41) is 12.3. The van der Waals surface area contributed by atoms with Gasteiger partial charge in [-0.25, -0.2) is 0 Å². The van der Waals surface area contributed by atoms with Crippen molar-refractivity contribution in [3.8, 4) is 5.75 Å². The van der Waals surface area contributed by atoms with E-state index in [9.17, 15) is 14.7 Å². The lowest BCUT2D eigenvalue weighted by Crippen LogP contribution is -2.38. The van der Waals surface area contributed by atoms with Gasteiger partial charge in [0, 0.05) is 18.8 Å². The van der Waals surface area contributed by atoms with Crippen LogP contribution in [0.1, 0.15) is 32.5 Å². The molecule has 7 nitrogen and oxygen atoms in total. The molecule has 0 aliphatic carbocycles. The van der Waals surface area contributed by atoms with Crippen LogP contribution in [0.3, 0.4) is 0 Å². The molecular formula is C18H19N3O4. The number of para-hydroxylation sites is 1. The van der Waals surface area contributed by atoms with Gasteiger partial charge in [0.15, 0.2) is 0 Å². The molecule has 7 heteroatoms. The molecule has 0 saturated carbocycles. The van der Waals surface area contributed by atoms with Crippen molar-refractivity contribution in [3.05, 3.63) is 59.4 Å². The Balaban J connectivity index is 1.89. The number of pyridine rings is 1. The van der Waals surface area contributed by atoms with Crippen LogP contribution in [0.2, 0.25) is 0 Å². The van der Waals surface area contributed by atoms with Crippen LogP contribution >= 0.6 is 0 Å². The summed E-state index contributed by atoms with van der Waals surface area (Å²) in [5.74, 6) is 0.0876. The van der Waals surface area contributed by atoms with Gasteiger partial charge in [0.25, 0.3) is 11.8 Å². The summed E-state index contributed by atoms with van der Waals surface area (Å²) >= 11 is 0. The van der Waals surface area contributed by atoms with Crippen molar-refractivity contribution in [2.45, 2.75) is 6.04 Å². The maximum atomic E-state index is 12.9. The molecule has 0 saturated heterocycles. The molecule has 3 rings (SSSR count). The molecule has 25 heavy (non-hydrogen) atoms. The van der Waals surface area contributed by atoms with Gasteiger partial charge in [-0.05, 0) is 18.2 Å². The van der Waals surface area contributed by atoms with E-state index >= 15 is 0 Å². The molecule has 1 aromatic heterocycles. The first kappa shape index (κ1) is 16.9. The van der Waals surface area contributed by atoms with Gasteiger partial charge in [0.1, 0.15) is 18.1 Å². The number of fused-ring (bicyclic) bond motifs is 1. The number of nitrogens with one attached hydrogen (secondary N) is 1. The van der Waals surface area contributed by atoms with Gasteiger partial charge in [0.05, 0.1) is 24.8 Å². The highest BCUT2D eigenvalue weighted by molar-refractivity contribution is 5.96. The molecule has 0 fully saturated rings. The monoisotopic (exact) mass is 341 g/mol. The molecule has 1 aromatic carbocycles. The molecule has 130 valence electrons. The van der Waals surface area contributed by atoms with Gasteiger partial charge >= 0.3 is 0 Å². The molecule has 2 amide bonds. The SMILES string of the molecule is CNC(=O)c1ccc(C(=O)N2CCOc3ccccc3C2CO)cn1. The average Bonchev–Trinajstić information content (AvgIpc) is 2.86. The third-order valence-electron chi connectivity index (χ3n) is 4.15. The Morgan fingerprint density at radius 1 is 1.32 bits per heavy atom. The Morgan fingerprint density at radius 2 is 2.12 bits per heavy atom. The number of ether oxygens (including phenoxy) is 1. The van der Waals surface area contributed by atoms with E-state index in [1.807, 2.05) is 24.3 Å². The molecule has 0 radical (unpaired) electrons. The zero-order valence-electron chi connectivity index (χ0n) is 13.8. The largest absolute Gasteiger partial charge is 0.491 e. The van der Waals surface area contributed by atoms with Crippen LogP contribution in [-0.2, 0) is 0 Å². The second-order valence-corrected chi connectivity index (χ2v) is 5.59. The van der Waals surface area contributed by atoms with Crippen LogP contribution in [-0.4, -0.2) is 53.6 Å². The highest BCUT2D eigenvalue weighted by atomic mass is 16.5. The summed E-state index contributed by atoms with van der Waals surface area (Å²) in [6.07, 6.45) is 1.37. The van der Waals surface area contributed by atoms with Crippen LogP contribution in [0, 0.1) is 0 Å². The number of benzene rings is 1. The smallest absolute Gasteiger partial charge is 0.269 e. The summed E-state index contributed by atoms with van der Waals surface area (Å²) in [6.45, 7) is 0.467. The number of carbonyl (C=O) groups excluding carboxylic acids is 2. The van der Waals surface area contributed by atoms with Crippen molar-refractivity contribution in [1.29, 1.82) is 0 Å². The van der Waals surface area contributed by atoms with Gasteiger partial charge < -0.3 is 20.1 Å². The van der Waals surface area contributed by atoms with Gasteiger partial charge in [-0.15, -0.1) is 0 Å². The van der Waals surface area contributed by atoms with E-state index in [4.69, 9.17) is 4.74 Å². The minimum Gasteiger partial charge on any atom is -0.491 e. The quantitative estimate of drug-likeness (QED) is 0.869. The third kappa shape index (κ3) is 3.32. The maximum absolute atomic E-state index is 12.9. The van der Waals surface area contributed by atoms with Crippen molar-refractivity contribution in [2.75, 3.05) is 26.8 Å². The molecule has 1 atom stereocenters. The van der Waals surface area contributed by atoms with Gasteiger partial charge in [0.2, 0.25) is 0 Å². The fourth-order valence-electron chi connectivity index (χ4n) is 2.85. The first-order chi connectivity index (χ1) is 12.2. The number of aliphatic hydroxyl groups is 1. The molecule has 2 heterocycles. The fourth-order valence-corrected chi connectivity index (χ4v) is 2.85. The van der Waals surface area contributed by atoms with Crippen LogP contribution in [0.25, 0.3) is 0 Å². The van der Waals surface area contributed by atoms with Crippen LogP contribution in [0.5, 0.6) is 5.75 Å². The summed E-state index contributed by atoms with van der Waals surface area (Å²) in [5.41, 5.74) is 1.36. The normalized spacial score (nSPS) is 16.4. The lowest BCUT2D eigenvalue weighted by atomic mass is 10.0. The topological polar surface area (TPSA) is 91.8 Å². The van der Waals surface area contributed by atoms with Gasteiger partial charge in [-0.1, -0.05) is 18.2 Å². The minimum absolute atomic E-state index is 0.212. The van der Waals surface area contributed by atoms with Gasteiger partial charge in [-0.2, -0.15) is 0 Å². The molecule has 0 spiro atoms.